The minimum absolute atomic E-state index is 0.0780. The maximum atomic E-state index is 12.5. The summed E-state index contributed by atoms with van der Waals surface area (Å²) in [4.78, 5) is 12.5. The summed E-state index contributed by atoms with van der Waals surface area (Å²) in [5.74, 6) is 0.165. The van der Waals surface area contributed by atoms with E-state index >= 15 is 0 Å². The van der Waals surface area contributed by atoms with Crippen LogP contribution >= 0.6 is 11.8 Å². The standard InChI is InChI=1S/C24H22N6OS/c1-15-4-7-18(8-5-15)20-13-21-23-26-27-24(29(23)10-11-30(21)28-20)32-14-22(31)25-19-9-6-16(2)12-17(19)3/h4-13H,14H2,1-3H3,(H,25,31). The quantitative estimate of drug-likeness (QED) is 0.399. The van der Waals surface area contributed by atoms with Crippen molar-refractivity contribution in [2.75, 3.05) is 11.1 Å². The second-order valence-corrected chi connectivity index (χ2v) is 8.80. The molecular formula is C24H22N6OS. The lowest BCUT2D eigenvalue weighted by Crippen LogP contribution is -2.15. The van der Waals surface area contributed by atoms with Gasteiger partial charge in [-0.25, -0.2) is 4.52 Å². The van der Waals surface area contributed by atoms with Crippen LogP contribution in [-0.2, 0) is 4.79 Å². The molecule has 5 rings (SSSR count). The number of rotatable bonds is 5. The fourth-order valence-corrected chi connectivity index (χ4v) is 4.34. The summed E-state index contributed by atoms with van der Waals surface area (Å²) in [6, 6.07) is 16.3. The molecule has 0 saturated heterocycles. The molecule has 1 amide bonds. The molecule has 0 aliphatic carbocycles. The number of nitrogens with one attached hydrogen (secondary N) is 1. The molecule has 0 aliphatic rings. The van der Waals surface area contributed by atoms with Crippen molar-refractivity contribution in [1.29, 1.82) is 0 Å². The maximum absolute atomic E-state index is 12.5. The number of fused-ring (bicyclic) bond motifs is 3. The van der Waals surface area contributed by atoms with Crippen molar-refractivity contribution in [1.82, 2.24) is 24.2 Å². The van der Waals surface area contributed by atoms with E-state index in [1.165, 1.54) is 22.9 Å². The Labute approximate surface area is 189 Å². The van der Waals surface area contributed by atoms with Gasteiger partial charge in [0.2, 0.25) is 5.91 Å². The van der Waals surface area contributed by atoms with E-state index in [0.717, 1.165) is 28.0 Å². The van der Waals surface area contributed by atoms with Gasteiger partial charge >= 0.3 is 0 Å². The van der Waals surface area contributed by atoms with Crippen LogP contribution in [0.5, 0.6) is 0 Å². The van der Waals surface area contributed by atoms with Crippen LogP contribution in [0.3, 0.4) is 0 Å². The fourth-order valence-electron chi connectivity index (χ4n) is 3.63. The minimum Gasteiger partial charge on any atom is -0.325 e. The van der Waals surface area contributed by atoms with E-state index in [2.05, 4.69) is 57.9 Å². The Morgan fingerprint density at radius 3 is 2.53 bits per heavy atom. The molecule has 7 nitrogen and oxygen atoms in total. The van der Waals surface area contributed by atoms with Gasteiger partial charge in [0.25, 0.3) is 0 Å². The number of carbonyl (C=O) groups excluding carboxylic acids is 1. The summed E-state index contributed by atoms with van der Waals surface area (Å²) in [5.41, 5.74) is 7.75. The topological polar surface area (TPSA) is 76.6 Å². The fraction of sp³-hybridized carbons (Fsp3) is 0.167. The van der Waals surface area contributed by atoms with Gasteiger partial charge in [-0.2, -0.15) is 5.10 Å². The monoisotopic (exact) mass is 442 g/mol. The molecule has 3 heterocycles. The average molecular weight is 443 g/mol. The van der Waals surface area contributed by atoms with Gasteiger partial charge in [0.15, 0.2) is 10.8 Å². The molecule has 2 aromatic carbocycles. The maximum Gasteiger partial charge on any atom is 0.234 e. The van der Waals surface area contributed by atoms with Crippen molar-refractivity contribution < 1.29 is 4.79 Å². The van der Waals surface area contributed by atoms with Gasteiger partial charge in [0.05, 0.1) is 11.4 Å². The lowest BCUT2D eigenvalue weighted by atomic mass is 10.1. The smallest absolute Gasteiger partial charge is 0.234 e. The van der Waals surface area contributed by atoms with Crippen LogP contribution in [-0.4, -0.2) is 35.9 Å². The number of carbonyl (C=O) groups is 1. The molecule has 5 aromatic rings. The number of amides is 1. The number of aromatic nitrogens is 5. The van der Waals surface area contributed by atoms with Crippen molar-refractivity contribution in [3.8, 4) is 11.3 Å². The summed E-state index contributed by atoms with van der Waals surface area (Å²) in [6.45, 7) is 6.09. The molecule has 0 unspecified atom stereocenters. The number of thioether (sulfide) groups is 1. The summed E-state index contributed by atoms with van der Waals surface area (Å²) in [5, 5.41) is 17.0. The summed E-state index contributed by atoms with van der Waals surface area (Å²) < 4.78 is 3.70. The summed E-state index contributed by atoms with van der Waals surface area (Å²) >= 11 is 1.35. The Kier molecular flexibility index (Phi) is 5.14. The zero-order valence-electron chi connectivity index (χ0n) is 18.0. The van der Waals surface area contributed by atoms with E-state index in [4.69, 9.17) is 0 Å². The first-order chi connectivity index (χ1) is 15.5. The van der Waals surface area contributed by atoms with E-state index in [9.17, 15) is 4.79 Å². The highest BCUT2D eigenvalue weighted by molar-refractivity contribution is 7.99. The Balaban J connectivity index is 1.36. The van der Waals surface area contributed by atoms with E-state index in [1.807, 2.05) is 48.8 Å². The van der Waals surface area contributed by atoms with Crippen molar-refractivity contribution in [3.63, 3.8) is 0 Å². The highest BCUT2D eigenvalue weighted by Crippen LogP contribution is 2.25. The summed E-state index contributed by atoms with van der Waals surface area (Å²) in [6.07, 6.45) is 3.75. The predicted molar refractivity (Wildman–Crippen MR) is 127 cm³/mol. The molecular weight excluding hydrogens is 420 g/mol. The van der Waals surface area contributed by atoms with Crippen molar-refractivity contribution >= 4 is 34.5 Å². The molecule has 1 N–H and O–H groups in total. The first-order valence-electron chi connectivity index (χ1n) is 10.3. The van der Waals surface area contributed by atoms with Crippen LogP contribution in [0.25, 0.3) is 22.4 Å². The Morgan fingerprint density at radius 1 is 0.969 bits per heavy atom. The number of hydrogen-bond acceptors (Lipinski definition) is 5. The Hall–Kier alpha value is -3.65. The molecule has 0 bridgehead atoms. The average Bonchev–Trinajstić information content (AvgIpc) is 3.38. The van der Waals surface area contributed by atoms with Gasteiger partial charge in [-0.3, -0.25) is 9.20 Å². The van der Waals surface area contributed by atoms with Crippen LogP contribution in [0.15, 0.2) is 66.1 Å². The molecule has 160 valence electrons. The predicted octanol–water partition coefficient (Wildman–Crippen LogP) is 4.70. The van der Waals surface area contributed by atoms with Crippen LogP contribution < -0.4 is 5.32 Å². The first-order valence-corrected chi connectivity index (χ1v) is 11.3. The van der Waals surface area contributed by atoms with Gasteiger partial charge in [-0.15, -0.1) is 10.2 Å². The highest BCUT2D eigenvalue weighted by atomic mass is 32.2. The molecule has 0 aliphatic heterocycles. The van der Waals surface area contributed by atoms with Crippen molar-refractivity contribution in [3.05, 3.63) is 77.6 Å². The van der Waals surface area contributed by atoms with Crippen LogP contribution in [0.4, 0.5) is 5.69 Å². The van der Waals surface area contributed by atoms with E-state index in [0.29, 0.717) is 10.8 Å². The third-order valence-electron chi connectivity index (χ3n) is 5.32. The minimum atomic E-state index is -0.0780. The largest absolute Gasteiger partial charge is 0.325 e. The molecule has 0 atom stereocenters. The highest BCUT2D eigenvalue weighted by Gasteiger charge is 2.14. The van der Waals surface area contributed by atoms with Crippen LogP contribution in [0, 0.1) is 20.8 Å². The lowest BCUT2D eigenvalue weighted by Gasteiger charge is -2.08. The SMILES string of the molecule is Cc1ccc(-c2cc3c4nnc(SCC(=O)Nc5ccc(C)cc5C)n4ccn3n2)cc1. The number of nitrogens with zero attached hydrogens (tertiary/aromatic N) is 5. The number of hydrogen-bond donors (Lipinski definition) is 1. The third-order valence-corrected chi connectivity index (χ3v) is 6.27. The molecule has 3 aromatic heterocycles. The first kappa shape index (κ1) is 20.3. The molecule has 0 fully saturated rings. The Bertz CT molecular complexity index is 1450. The number of aryl methyl sites for hydroxylation is 3. The molecule has 32 heavy (non-hydrogen) atoms. The lowest BCUT2D eigenvalue weighted by molar-refractivity contribution is -0.113. The van der Waals surface area contributed by atoms with Crippen LogP contribution in [0.2, 0.25) is 0 Å². The van der Waals surface area contributed by atoms with Crippen molar-refractivity contribution in [2.45, 2.75) is 25.9 Å². The van der Waals surface area contributed by atoms with Gasteiger partial charge in [-0.1, -0.05) is 59.3 Å². The Morgan fingerprint density at radius 2 is 1.75 bits per heavy atom. The molecule has 8 heteroatoms. The van der Waals surface area contributed by atoms with Gasteiger partial charge < -0.3 is 5.32 Å². The third kappa shape index (κ3) is 3.85. The molecule has 0 saturated carbocycles. The van der Waals surface area contributed by atoms with Crippen LogP contribution in [0.1, 0.15) is 16.7 Å². The zero-order valence-corrected chi connectivity index (χ0v) is 18.8. The second kappa shape index (κ2) is 8.12. The van der Waals surface area contributed by atoms with E-state index < -0.39 is 0 Å². The second-order valence-electron chi connectivity index (χ2n) is 7.85. The molecule has 0 spiro atoms. The van der Waals surface area contributed by atoms with E-state index in [-0.39, 0.29) is 11.7 Å². The van der Waals surface area contributed by atoms with Gasteiger partial charge in [0.1, 0.15) is 5.52 Å². The molecule has 0 radical (unpaired) electrons. The summed E-state index contributed by atoms with van der Waals surface area (Å²) in [7, 11) is 0. The number of anilines is 1. The zero-order chi connectivity index (χ0) is 22.2. The van der Waals surface area contributed by atoms with E-state index in [1.54, 1.807) is 4.52 Å². The normalized spacial score (nSPS) is 11.3. The van der Waals surface area contributed by atoms with Crippen molar-refractivity contribution in [2.24, 2.45) is 0 Å². The van der Waals surface area contributed by atoms with Gasteiger partial charge in [0, 0.05) is 23.6 Å². The van der Waals surface area contributed by atoms with Gasteiger partial charge in [-0.05, 0) is 38.5 Å². The number of benzene rings is 2.